The van der Waals surface area contributed by atoms with Crippen molar-refractivity contribution >= 4 is 11.6 Å². The minimum atomic E-state index is -0.570. The van der Waals surface area contributed by atoms with Crippen LogP contribution in [0.3, 0.4) is 0 Å². The van der Waals surface area contributed by atoms with Crippen molar-refractivity contribution < 1.29 is 14.4 Å². The van der Waals surface area contributed by atoms with Gasteiger partial charge in [-0.15, -0.1) is 0 Å². The maximum absolute atomic E-state index is 10.4. The Bertz CT molecular complexity index is 946. The van der Waals surface area contributed by atoms with Crippen LogP contribution in [0.4, 0.5) is 0 Å². The molecule has 0 fully saturated rings. The molecule has 0 aliphatic rings. The van der Waals surface area contributed by atoms with E-state index in [2.05, 4.69) is 27.2 Å². The second kappa shape index (κ2) is 11.4. The number of rotatable bonds is 11. The van der Waals surface area contributed by atoms with E-state index in [1.165, 1.54) is 5.56 Å². The predicted molar refractivity (Wildman–Crippen MR) is 122 cm³/mol. The molecular weight excluding hydrogens is 414 g/mol. The molecule has 7 heteroatoms. The minimum absolute atomic E-state index is 0.0873. The van der Waals surface area contributed by atoms with Crippen molar-refractivity contribution in [2.24, 2.45) is 0 Å². The van der Waals surface area contributed by atoms with Gasteiger partial charge in [0.1, 0.15) is 0 Å². The lowest BCUT2D eigenvalue weighted by Gasteiger charge is -2.25. The molecule has 0 bridgehead atoms. The van der Waals surface area contributed by atoms with Gasteiger partial charge in [0, 0.05) is 36.6 Å². The summed E-state index contributed by atoms with van der Waals surface area (Å²) in [6.07, 6.45) is 0.0976. The highest BCUT2D eigenvalue weighted by molar-refractivity contribution is 6.31. The number of aryl methyl sites for hydroxylation is 1. The van der Waals surface area contributed by atoms with Gasteiger partial charge in [-0.2, -0.15) is 4.98 Å². The third-order valence-electron chi connectivity index (χ3n) is 4.88. The number of benzene rings is 2. The molecular formula is C24H30ClN3O3. The van der Waals surface area contributed by atoms with Crippen LogP contribution in [0.25, 0.3) is 11.4 Å². The molecule has 3 rings (SSSR count). The summed E-state index contributed by atoms with van der Waals surface area (Å²) in [4.78, 5) is 6.70. The van der Waals surface area contributed by atoms with Crippen LogP contribution < -0.4 is 0 Å². The highest BCUT2D eigenvalue weighted by Gasteiger charge is 2.16. The van der Waals surface area contributed by atoms with E-state index >= 15 is 0 Å². The van der Waals surface area contributed by atoms with Gasteiger partial charge in [-0.1, -0.05) is 59.2 Å². The van der Waals surface area contributed by atoms with Crippen molar-refractivity contribution in [2.75, 3.05) is 19.7 Å². The predicted octanol–water partition coefficient (Wildman–Crippen LogP) is 4.53. The zero-order valence-corrected chi connectivity index (χ0v) is 19.0. The van der Waals surface area contributed by atoms with Crippen molar-refractivity contribution in [2.45, 2.75) is 45.9 Å². The Labute approximate surface area is 188 Å². The molecule has 1 aromatic heterocycles. The lowest BCUT2D eigenvalue weighted by Crippen LogP contribution is -2.36. The number of hydrogen-bond donors (Lipinski definition) is 1. The van der Waals surface area contributed by atoms with Gasteiger partial charge in [-0.25, -0.2) is 0 Å². The topological polar surface area (TPSA) is 71.6 Å². The van der Waals surface area contributed by atoms with Crippen molar-refractivity contribution in [3.63, 3.8) is 0 Å². The molecule has 31 heavy (non-hydrogen) atoms. The first-order valence-corrected chi connectivity index (χ1v) is 10.9. The van der Waals surface area contributed by atoms with Gasteiger partial charge in [0.2, 0.25) is 11.7 Å². The van der Waals surface area contributed by atoms with Gasteiger partial charge in [0.05, 0.1) is 18.8 Å². The average molecular weight is 444 g/mol. The number of halogens is 1. The summed E-state index contributed by atoms with van der Waals surface area (Å²) in [5.74, 6) is 1.08. The summed E-state index contributed by atoms with van der Waals surface area (Å²) in [7, 11) is 0. The fraction of sp³-hybridized carbons (Fsp3) is 0.417. The fourth-order valence-corrected chi connectivity index (χ4v) is 3.37. The fourth-order valence-electron chi connectivity index (χ4n) is 3.19. The Hall–Kier alpha value is -2.25. The summed E-state index contributed by atoms with van der Waals surface area (Å²) in [5.41, 5.74) is 3.01. The number of ether oxygens (including phenoxy) is 1. The molecule has 0 aliphatic carbocycles. The molecule has 0 aliphatic heterocycles. The van der Waals surface area contributed by atoms with Crippen molar-refractivity contribution in [3.8, 4) is 11.4 Å². The zero-order chi connectivity index (χ0) is 22.2. The molecule has 1 atom stereocenters. The highest BCUT2D eigenvalue weighted by Crippen LogP contribution is 2.23. The van der Waals surface area contributed by atoms with E-state index in [4.69, 9.17) is 20.9 Å². The van der Waals surface area contributed by atoms with Crippen LogP contribution in [-0.2, 0) is 17.7 Å². The van der Waals surface area contributed by atoms with Gasteiger partial charge < -0.3 is 14.4 Å². The van der Waals surface area contributed by atoms with Crippen LogP contribution in [-0.4, -0.2) is 52.1 Å². The third kappa shape index (κ3) is 7.43. The number of nitrogens with zero attached hydrogens (tertiary/aromatic N) is 3. The number of hydrogen-bond acceptors (Lipinski definition) is 6. The molecule has 0 spiro atoms. The summed E-state index contributed by atoms with van der Waals surface area (Å²) in [5, 5.41) is 15.2. The van der Waals surface area contributed by atoms with E-state index in [0.29, 0.717) is 49.4 Å². The maximum atomic E-state index is 10.4. The number of aliphatic hydroxyl groups is 1. The molecule has 0 amide bonds. The van der Waals surface area contributed by atoms with Gasteiger partial charge in [0.15, 0.2) is 0 Å². The van der Waals surface area contributed by atoms with Crippen LogP contribution in [0.2, 0.25) is 5.02 Å². The summed E-state index contributed by atoms with van der Waals surface area (Å²) in [6.45, 7) is 8.07. The minimum Gasteiger partial charge on any atom is -0.389 e. The standard InChI is InChI=1S/C24H30ClN3O3/c1-17(2)30-16-21(29)15-28(14-19-7-5-4-6-8-19)12-11-23-26-24(27-31-23)20-10-9-18(3)22(25)13-20/h4-10,13,17,21,29H,11-12,14-16H2,1-3H3/t21-/m1/s1. The van der Waals surface area contributed by atoms with Gasteiger partial charge in [-0.05, 0) is 38.0 Å². The van der Waals surface area contributed by atoms with Crippen molar-refractivity contribution in [1.82, 2.24) is 15.0 Å². The quantitative estimate of drug-likeness (QED) is 0.469. The molecule has 2 aromatic carbocycles. The first-order chi connectivity index (χ1) is 14.9. The lowest BCUT2D eigenvalue weighted by molar-refractivity contribution is -0.00957. The SMILES string of the molecule is Cc1ccc(-c2noc(CCN(Cc3ccccc3)C[C@@H](O)COC(C)C)n2)cc1Cl. The third-order valence-corrected chi connectivity index (χ3v) is 5.29. The first kappa shape index (κ1) is 23.4. The second-order valence-corrected chi connectivity index (χ2v) is 8.39. The molecule has 1 N–H and O–H groups in total. The maximum Gasteiger partial charge on any atom is 0.228 e. The molecule has 0 saturated carbocycles. The Morgan fingerprint density at radius 2 is 1.94 bits per heavy atom. The molecule has 0 radical (unpaired) electrons. The van der Waals surface area contributed by atoms with E-state index in [1.54, 1.807) is 0 Å². The number of aromatic nitrogens is 2. The van der Waals surface area contributed by atoms with Crippen molar-refractivity contribution in [3.05, 3.63) is 70.6 Å². The normalized spacial score (nSPS) is 12.6. The molecule has 1 heterocycles. The lowest BCUT2D eigenvalue weighted by atomic mass is 10.1. The summed E-state index contributed by atoms with van der Waals surface area (Å²) >= 11 is 6.22. The van der Waals surface area contributed by atoms with Crippen LogP contribution in [0.5, 0.6) is 0 Å². The van der Waals surface area contributed by atoms with Crippen LogP contribution in [0, 0.1) is 6.92 Å². The van der Waals surface area contributed by atoms with E-state index in [1.807, 2.05) is 57.2 Å². The van der Waals surface area contributed by atoms with Crippen molar-refractivity contribution in [1.29, 1.82) is 0 Å². The Balaban J connectivity index is 1.63. The molecule has 3 aromatic rings. The van der Waals surface area contributed by atoms with Crippen LogP contribution in [0.15, 0.2) is 53.1 Å². The average Bonchev–Trinajstić information content (AvgIpc) is 3.22. The molecule has 0 unspecified atom stereocenters. The number of aliphatic hydroxyl groups excluding tert-OH is 1. The van der Waals surface area contributed by atoms with Crippen LogP contribution >= 0.6 is 11.6 Å². The molecule has 166 valence electrons. The van der Waals surface area contributed by atoms with Gasteiger partial charge >= 0.3 is 0 Å². The second-order valence-electron chi connectivity index (χ2n) is 7.98. The largest absolute Gasteiger partial charge is 0.389 e. The van der Waals surface area contributed by atoms with E-state index in [0.717, 1.165) is 11.1 Å². The van der Waals surface area contributed by atoms with E-state index in [9.17, 15) is 5.11 Å². The molecule has 6 nitrogen and oxygen atoms in total. The smallest absolute Gasteiger partial charge is 0.228 e. The Morgan fingerprint density at radius 1 is 1.16 bits per heavy atom. The first-order valence-electron chi connectivity index (χ1n) is 10.6. The molecule has 0 saturated heterocycles. The highest BCUT2D eigenvalue weighted by atomic mass is 35.5. The monoisotopic (exact) mass is 443 g/mol. The van der Waals surface area contributed by atoms with E-state index < -0.39 is 6.10 Å². The summed E-state index contributed by atoms with van der Waals surface area (Å²) in [6, 6.07) is 15.9. The van der Waals surface area contributed by atoms with E-state index in [-0.39, 0.29) is 6.10 Å². The van der Waals surface area contributed by atoms with Gasteiger partial charge in [-0.3, -0.25) is 4.90 Å². The Morgan fingerprint density at radius 3 is 2.65 bits per heavy atom. The zero-order valence-electron chi connectivity index (χ0n) is 18.3. The summed E-state index contributed by atoms with van der Waals surface area (Å²) < 4.78 is 11.0. The van der Waals surface area contributed by atoms with Crippen LogP contribution in [0.1, 0.15) is 30.9 Å². The van der Waals surface area contributed by atoms with Gasteiger partial charge in [0.25, 0.3) is 0 Å². The Kier molecular flexibility index (Phi) is 8.60.